The van der Waals surface area contributed by atoms with E-state index in [9.17, 15) is 0 Å². The van der Waals surface area contributed by atoms with E-state index in [1.807, 2.05) is 19.3 Å². The van der Waals surface area contributed by atoms with Gasteiger partial charge in [0.25, 0.3) is 0 Å². The van der Waals surface area contributed by atoms with E-state index in [-0.39, 0.29) is 11.7 Å². The first kappa shape index (κ1) is 19.0. The first-order valence-electron chi connectivity index (χ1n) is 8.42. The molecule has 0 fully saturated rings. The Bertz CT molecular complexity index is 617. The monoisotopic (exact) mass is 348 g/mol. The molecule has 0 saturated carbocycles. The quantitative estimate of drug-likeness (QED) is 0.693. The first-order chi connectivity index (χ1) is 11.3. The molecular formula is C19H28N2O2S. The van der Waals surface area contributed by atoms with Crippen LogP contribution in [0.1, 0.15) is 55.3 Å². The number of hydrogen-bond donors (Lipinski definition) is 0. The number of ether oxygens (including phenoxy) is 2. The maximum absolute atomic E-state index is 5.89. The highest BCUT2D eigenvalue weighted by atomic mass is 32.1. The van der Waals surface area contributed by atoms with Crippen LogP contribution < -0.4 is 0 Å². The maximum Gasteiger partial charge on any atom is 0.0897 e. The Morgan fingerprint density at radius 1 is 1.12 bits per heavy atom. The summed E-state index contributed by atoms with van der Waals surface area (Å²) in [7, 11) is 0. The number of pyridine rings is 1. The summed E-state index contributed by atoms with van der Waals surface area (Å²) in [6, 6.07) is 4.18. The zero-order valence-electron chi connectivity index (χ0n) is 15.3. The van der Waals surface area contributed by atoms with Crippen molar-refractivity contribution in [1.82, 2.24) is 9.97 Å². The largest absolute Gasteiger partial charge is 0.373 e. The summed E-state index contributed by atoms with van der Waals surface area (Å²) < 4.78 is 11.7. The highest BCUT2D eigenvalue weighted by Gasteiger charge is 2.10. The third-order valence-corrected chi connectivity index (χ3v) is 4.43. The maximum atomic E-state index is 5.89. The Morgan fingerprint density at radius 2 is 1.92 bits per heavy atom. The number of nitrogens with zero attached hydrogens (tertiary/aromatic N) is 2. The molecule has 2 aromatic heterocycles. The van der Waals surface area contributed by atoms with Crippen molar-refractivity contribution < 1.29 is 9.47 Å². The van der Waals surface area contributed by atoms with Crippen LogP contribution in [0.2, 0.25) is 0 Å². The predicted octanol–water partition coefficient (Wildman–Crippen LogP) is 4.70. The Labute approximate surface area is 149 Å². The topological polar surface area (TPSA) is 44.2 Å². The SMILES string of the molecule is Cc1ncc(COC(C)CCc2ccc(COC(C)(C)C)cn2)s1. The van der Waals surface area contributed by atoms with E-state index in [2.05, 4.69) is 49.8 Å². The lowest BCUT2D eigenvalue weighted by Gasteiger charge is -2.19. The summed E-state index contributed by atoms with van der Waals surface area (Å²) in [6.45, 7) is 11.5. The van der Waals surface area contributed by atoms with Gasteiger partial charge in [-0.15, -0.1) is 11.3 Å². The molecule has 0 N–H and O–H groups in total. The Morgan fingerprint density at radius 3 is 2.50 bits per heavy atom. The summed E-state index contributed by atoms with van der Waals surface area (Å²) in [4.78, 5) is 9.96. The van der Waals surface area contributed by atoms with Crippen LogP contribution in [0.5, 0.6) is 0 Å². The molecule has 5 heteroatoms. The van der Waals surface area contributed by atoms with Crippen LogP contribution in [0, 0.1) is 6.92 Å². The fourth-order valence-electron chi connectivity index (χ4n) is 2.12. The Kier molecular flexibility index (Phi) is 6.90. The van der Waals surface area contributed by atoms with Crippen molar-refractivity contribution in [3.8, 4) is 0 Å². The van der Waals surface area contributed by atoms with Gasteiger partial charge in [0.15, 0.2) is 0 Å². The number of aryl methyl sites for hydroxylation is 2. The molecule has 0 aliphatic carbocycles. The number of thiazole rings is 1. The smallest absolute Gasteiger partial charge is 0.0897 e. The van der Waals surface area contributed by atoms with Crippen molar-refractivity contribution in [3.05, 3.63) is 45.7 Å². The minimum Gasteiger partial charge on any atom is -0.373 e. The van der Waals surface area contributed by atoms with Gasteiger partial charge < -0.3 is 9.47 Å². The van der Waals surface area contributed by atoms with Crippen LogP contribution in [-0.2, 0) is 29.1 Å². The molecule has 0 amide bonds. The standard InChI is InChI=1S/C19H28N2O2S/c1-14(22-13-18-11-20-15(2)24-18)6-8-17-9-7-16(10-21-17)12-23-19(3,4)5/h7,9-11,14H,6,8,12-13H2,1-5H3. The normalized spacial score (nSPS) is 13.2. The van der Waals surface area contributed by atoms with Gasteiger partial charge in [-0.25, -0.2) is 4.98 Å². The van der Waals surface area contributed by atoms with Crippen LogP contribution in [0.15, 0.2) is 24.5 Å². The second-order valence-corrected chi connectivity index (χ2v) is 8.38. The van der Waals surface area contributed by atoms with Gasteiger partial charge in [-0.2, -0.15) is 0 Å². The number of rotatable bonds is 8. The van der Waals surface area contributed by atoms with Crippen molar-refractivity contribution in [1.29, 1.82) is 0 Å². The van der Waals surface area contributed by atoms with E-state index in [1.54, 1.807) is 11.3 Å². The third kappa shape index (κ3) is 7.07. The van der Waals surface area contributed by atoms with Gasteiger partial charge in [0.2, 0.25) is 0 Å². The minimum atomic E-state index is -0.123. The fourth-order valence-corrected chi connectivity index (χ4v) is 2.84. The average Bonchev–Trinajstić information content (AvgIpc) is 2.95. The lowest BCUT2D eigenvalue weighted by molar-refractivity contribution is -0.0150. The van der Waals surface area contributed by atoms with Crippen molar-refractivity contribution in [2.75, 3.05) is 0 Å². The van der Waals surface area contributed by atoms with Gasteiger partial charge in [-0.3, -0.25) is 4.98 Å². The average molecular weight is 349 g/mol. The van der Waals surface area contributed by atoms with Crippen LogP contribution in [0.4, 0.5) is 0 Å². The molecule has 0 saturated heterocycles. The minimum absolute atomic E-state index is 0.123. The van der Waals surface area contributed by atoms with Gasteiger partial charge in [0.05, 0.1) is 34.8 Å². The summed E-state index contributed by atoms with van der Waals surface area (Å²) in [5.74, 6) is 0. The van der Waals surface area contributed by atoms with Crippen LogP contribution >= 0.6 is 11.3 Å². The molecule has 0 aliphatic heterocycles. The molecule has 2 aromatic rings. The Hall–Kier alpha value is -1.30. The van der Waals surface area contributed by atoms with Crippen LogP contribution in [0.3, 0.4) is 0 Å². The highest BCUT2D eigenvalue weighted by molar-refractivity contribution is 7.11. The molecule has 2 rings (SSSR count). The van der Waals surface area contributed by atoms with E-state index < -0.39 is 0 Å². The molecule has 132 valence electrons. The number of aromatic nitrogens is 2. The zero-order chi connectivity index (χ0) is 17.6. The van der Waals surface area contributed by atoms with E-state index in [1.165, 1.54) is 4.88 Å². The van der Waals surface area contributed by atoms with Crippen molar-refractivity contribution in [2.24, 2.45) is 0 Å². The van der Waals surface area contributed by atoms with Gasteiger partial charge in [0.1, 0.15) is 0 Å². The van der Waals surface area contributed by atoms with Crippen molar-refractivity contribution >= 4 is 11.3 Å². The molecule has 1 atom stereocenters. The summed E-state index contributed by atoms with van der Waals surface area (Å²) >= 11 is 1.69. The second kappa shape index (κ2) is 8.70. The van der Waals surface area contributed by atoms with E-state index in [4.69, 9.17) is 9.47 Å². The van der Waals surface area contributed by atoms with Crippen LogP contribution in [0.25, 0.3) is 0 Å². The highest BCUT2D eigenvalue weighted by Crippen LogP contribution is 2.15. The molecule has 0 spiro atoms. The van der Waals surface area contributed by atoms with Crippen molar-refractivity contribution in [2.45, 2.75) is 72.4 Å². The molecule has 0 aliphatic rings. The van der Waals surface area contributed by atoms with E-state index >= 15 is 0 Å². The summed E-state index contributed by atoms with van der Waals surface area (Å²) in [5.41, 5.74) is 2.08. The zero-order valence-corrected chi connectivity index (χ0v) is 16.2. The molecule has 0 radical (unpaired) electrons. The molecule has 24 heavy (non-hydrogen) atoms. The molecule has 0 bridgehead atoms. The number of hydrogen-bond acceptors (Lipinski definition) is 5. The fraction of sp³-hybridized carbons (Fsp3) is 0.579. The van der Waals surface area contributed by atoms with Gasteiger partial charge in [-0.1, -0.05) is 6.07 Å². The lowest BCUT2D eigenvalue weighted by atomic mass is 10.1. The summed E-state index contributed by atoms with van der Waals surface area (Å²) in [5, 5.41) is 1.08. The summed E-state index contributed by atoms with van der Waals surface area (Å²) in [6.07, 6.45) is 5.89. The molecule has 4 nitrogen and oxygen atoms in total. The Balaban J connectivity index is 1.71. The molecular weight excluding hydrogens is 320 g/mol. The van der Waals surface area contributed by atoms with Crippen LogP contribution in [-0.4, -0.2) is 21.7 Å². The molecule has 1 unspecified atom stereocenters. The van der Waals surface area contributed by atoms with E-state index in [0.29, 0.717) is 13.2 Å². The van der Waals surface area contributed by atoms with Gasteiger partial charge in [0, 0.05) is 18.1 Å². The third-order valence-electron chi connectivity index (χ3n) is 3.54. The van der Waals surface area contributed by atoms with E-state index in [0.717, 1.165) is 29.1 Å². The second-order valence-electron chi connectivity index (χ2n) is 7.06. The predicted molar refractivity (Wildman–Crippen MR) is 98.2 cm³/mol. The van der Waals surface area contributed by atoms with Gasteiger partial charge in [-0.05, 0) is 59.1 Å². The molecule has 0 aromatic carbocycles. The lowest BCUT2D eigenvalue weighted by Crippen LogP contribution is -2.18. The van der Waals surface area contributed by atoms with Crippen molar-refractivity contribution in [3.63, 3.8) is 0 Å². The first-order valence-corrected chi connectivity index (χ1v) is 9.24. The molecule has 2 heterocycles. The van der Waals surface area contributed by atoms with Gasteiger partial charge >= 0.3 is 0 Å².